The summed E-state index contributed by atoms with van der Waals surface area (Å²) in [6.07, 6.45) is 2.74. The van der Waals surface area contributed by atoms with E-state index in [1.807, 2.05) is 0 Å². The fourth-order valence-electron chi connectivity index (χ4n) is 2.75. The fraction of sp³-hybridized carbons (Fsp3) is 1.00. The predicted octanol–water partition coefficient (Wildman–Crippen LogP) is 2.35. The van der Waals surface area contributed by atoms with Gasteiger partial charge < -0.3 is 5.32 Å². The number of piperidine rings is 1. The van der Waals surface area contributed by atoms with Crippen LogP contribution >= 0.6 is 0 Å². The SMILES string of the molecule is CNCC(C(C)C)N1CCCC(C)(C)C1. The van der Waals surface area contributed by atoms with E-state index in [0.29, 0.717) is 11.5 Å². The largest absolute Gasteiger partial charge is 0.318 e. The van der Waals surface area contributed by atoms with Gasteiger partial charge in [0.1, 0.15) is 0 Å². The van der Waals surface area contributed by atoms with Crippen LogP contribution < -0.4 is 5.32 Å². The highest BCUT2D eigenvalue weighted by atomic mass is 15.2. The highest BCUT2D eigenvalue weighted by molar-refractivity contribution is 4.85. The van der Waals surface area contributed by atoms with Crippen molar-refractivity contribution in [1.29, 1.82) is 0 Å². The molecule has 1 unspecified atom stereocenters. The Hall–Kier alpha value is -0.0800. The maximum atomic E-state index is 3.33. The van der Waals surface area contributed by atoms with Crippen LogP contribution in [-0.4, -0.2) is 37.6 Å². The monoisotopic (exact) mass is 212 g/mol. The maximum Gasteiger partial charge on any atom is 0.0243 e. The average molecular weight is 212 g/mol. The number of hydrogen-bond donors (Lipinski definition) is 1. The van der Waals surface area contributed by atoms with Crippen molar-refractivity contribution in [3.63, 3.8) is 0 Å². The minimum Gasteiger partial charge on any atom is -0.318 e. The van der Waals surface area contributed by atoms with Crippen LogP contribution in [0.4, 0.5) is 0 Å². The first-order chi connectivity index (χ1) is 6.96. The molecule has 1 aliphatic rings. The van der Waals surface area contributed by atoms with Gasteiger partial charge in [0.05, 0.1) is 0 Å². The van der Waals surface area contributed by atoms with Gasteiger partial charge in [0, 0.05) is 19.1 Å². The van der Waals surface area contributed by atoms with Gasteiger partial charge in [0.2, 0.25) is 0 Å². The fourth-order valence-corrected chi connectivity index (χ4v) is 2.75. The zero-order chi connectivity index (χ0) is 11.5. The second-order valence-corrected chi connectivity index (χ2v) is 6.11. The van der Waals surface area contributed by atoms with Crippen molar-refractivity contribution in [3.05, 3.63) is 0 Å². The zero-order valence-electron chi connectivity index (χ0n) is 11.1. The smallest absolute Gasteiger partial charge is 0.0243 e. The third kappa shape index (κ3) is 3.76. The van der Waals surface area contributed by atoms with Gasteiger partial charge in [-0.05, 0) is 37.8 Å². The molecule has 0 aromatic heterocycles. The van der Waals surface area contributed by atoms with Gasteiger partial charge in [0.15, 0.2) is 0 Å². The molecule has 1 saturated heterocycles. The molecule has 1 atom stereocenters. The molecule has 1 N–H and O–H groups in total. The molecule has 15 heavy (non-hydrogen) atoms. The number of likely N-dealkylation sites (N-methyl/N-ethyl adjacent to an activating group) is 1. The van der Waals surface area contributed by atoms with E-state index in [0.717, 1.165) is 12.5 Å². The molecule has 1 fully saturated rings. The van der Waals surface area contributed by atoms with Gasteiger partial charge >= 0.3 is 0 Å². The molecule has 1 rings (SSSR count). The van der Waals surface area contributed by atoms with Gasteiger partial charge in [-0.1, -0.05) is 27.7 Å². The molecule has 1 aliphatic heterocycles. The molecular weight excluding hydrogens is 184 g/mol. The van der Waals surface area contributed by atoms with Gasteiger partial charge in [-0.2, -0.15) is 0 Å². The number of likely N-dealkylation sites (tertiary alicyclic amines) is 1. The molecule has 0 bridgehead atoms. The summed E-state index contributed by atoms with van der Waals surface area (Å²) in [4.78, 5) is 2.69. The first-order valence-corrected chi connectivity index (χ1v) is 6.35. The Morgan fingerprint density at radius 2 is 2.00 bits per heavy atom. The predicted molar refractivity (Wildman–Crippen MR) is 67.1 cm³/mol. The summed E-state index contributed by atoms with van der Waals surface area (Å²) in [5.74, 6) is 0.742. The lowest BCUT2D eigenvalue weighted by molar-refractivity contribution is 0.0591. The van der Waals surface area contributed by atoms with Crippen LogP contribution in [0.2, 0.25) is 0 Å². The van der Waals surface area contributed by atoms with Crippen molar-refractivity contribution in [2.75, 3.05) is 26.7 Å². The van der Waals surface area contributed by atoms with Gasteiger partial charge in [-0.15, -0.1) is 0 Å². The number of rotatable bonds is 4. The summed E-state index contributed by atoms with van der Waals surface area (Å²) in [5.41, 5.74) is 0.513. The van der Waals surface area contributed by atoms with Crippen molar-refractivity contribution in [3.8, 4) is 0 Å². The summed E-state index contributed by atoms with van der Waals surface area (Å²) < 4.78 is 0. The van der Waals surface area contributed by atoms with Crippen LogP contribution in [0.5, 0.6) is 0 Å². The Morgan fingerprint density at radius 3 is 2.47 bits per heavy atom. The molecule has 0 spiro atoms. The molecular formula is C13H28N2. The Bertz CT molecular complexity index is 187. The van der Waals surface area contributed by atoms with E-state index in [4.69, 9.17) is 0 Å². The lowest BCUT2D eigenvalue weighted by Crippen LogP contribution is -2.51. The summed E-state index contributed by atoms with van der Waals surface area (Å²) >= 11 is 0. The minimum atomic E-state index is 0.513. The molecule has 0 aromatic rings. The van der Waals surface area contributed by atoms with Gasteiger partial charge in [-0.3, -0.25) is 4.90 Å². The lowest BCUT2D eigenvalue weighted by Gasteiger charge is -2.43. The molecule has 0 radical (unpaired) electrons. The third-order valence-electron chi connectivity index (χ3n) is 3.58. The Labute approximate surface area is 95.4 Å². The van der Waals surface area contributed by atoms with E-state index in [1.165, 1.54) is 25.9 Å². The highest BCUT2D eigenvalue weighted by Crippen LogP contribution is 2.30. The average Bonchev–Trinajstić information content (AvgIpc) is 2.11. The molecule has 2 heteroatoms. The van der Waals surface area contributed by atoms with Crippen molar-refractivity contribution in [1.82, 2.24) is 10.2 Å². The van der Waals surface area contributed by atoms with Gasteiger partial charge in [-0.25, -0.2) is 0 Å². The van der Waals surface area contributed by atoms with E-state index in [2.05, 4.69) is 45.0 Å². The van der Waals surface area contributed by atoms with E-state index < -0.39 is 0 Å². The lowest BCUT2D eigenvalue weighted by atomic mass is 9.82. The summed E-state index contributed by atoms with van der Waals surface area (Å²) in [6, 6.07) is 0.703. The first kappa shape index (κ1) is 13.0. The van der Waals surface area contributed by atoms with Crippen molar-refractivity contribution in [2.45, 2.75) is 46.6 Å². The Morgan fingerprint density at radius 1 is 1.33 bits per heavy atom. The number of nitrogens with zero attached hydrogens (tertiary/aromatic N) is 1. The van der Waals surface area contributed by atoms with Crippen LogP contribution in [0.15, 0.2) is 0 Å². The maximum absolute atomic E-state index is 3.33. The second kappa shape index (κ2) is 5.31. The molecule has 1 heterocycles. The summed E-state index contributed by atoms with van der Waals surface area (Å²) in [6.45, 7) is 13.1. The zero-order valence-corrected chi connectivity index (χ0v) is 11.1. The van der Waals surface area contributed by atoms with Crippen LogP contribution in [0.1, 0.15) is 40.5 Å². The van der Waals surface area contributed by atoms with Crippen LogP contribution in [-0.2, 0) is 0 Å². The quantitative estimate of drug-likeness (QED) is 0.769. The molecule has 0 aromatic carbocycles. The first-order valence-electron chi connectivity index (χ1n) is 6.35. The molecule has 90 valence electrons. The minimum absolute atomic E-state index is 0.513. The molecule has 2 nitrogen and oxygen atoms in total. The van der Waals surface area contributed by atoms with E-state index in [-0.39, 0.29) is 0 Å². The van der Waals surface area contributed by atoms with E-state index in [9.17, 15) is 0 Å². The summed E-state index contributed by atoms with van der Waals surface area (Å²) in [5, 5.41) is 3.33. The Balaban J connectivity index is 2.59. The second-order valence-electron chi connectivity index (χ2n) is 6.11. The standard InChI is InChI=1S/C13H28N2/c1-11(2)12(9-14-5)15-8-6-7-13(3,4)10-15/h11-12,14H,6-10H2,1-5H3. The number of hydrogen-bond acceptors (Lipinski definition) is 2. The van der Waals surface area contributed by atoms with Crippen molar-refractivity contribution < 1.29 is 0 Å². The van der Waals surface area contributed by atoms with Gasteiger partial charge in [0.25, 0.3) is 0 Å². The van der Waals surface area contributed by atoms with Crippen LogP contribution in [0.25, 0.3) is 0 Å². The normalized spacial score (nSPS) is 24.4. The highest BCUT2D eigenvalue weighted by Gasteiger charge is 2.31. The van der Waals surface area contributed by atoms with Crippen LogP contribution in [0, 0.1) is 11.3 Å². The van der Waals surface area contributed by atoms with E-state index in [1.54, 1.807) is 0 Å². The molecule has 0 amide bonds. The molecule has 0 aliphatic carbocycles. The van der Waals surface area contributed by atoms with Crippen molar-refractivity contribution >= 4 is 0 Å². The van der Waals surface area contributed by atoms with E-state index >= 15 is 0 Å². The summed E-state index contributed by atoms with van der Waals surface area (Å²) in [7, 11) is 2.06. The van der Waals surface area contributed by atoms with Crippen LogP contribution in [0.3, 0.4) is 0 Å². The topological polar surface area (TPSA) is 15.3 Å². The molecule has 0 saturated carbocycles. The third-order valence-corrected chi connectivity index (χ3v) is 3.58. The van der Waals surface area contributed by atoms with Crippen molar-refractivity contribution in [2.24, 2.45) is 11.3 Å². The Kier molecular flexibility index (Phi) is 4.60. The number of nitrogens with one attached hydrogen (secondary N) is 1.